The minimum atomic E-state index is -3.58. The van der Waals surface area contributed by atoms with Crippen LogP contribution >= 0.6 is 22.9 Å². The zero-order chi connectivity index (χ0) is 10.8. The van der Waals surface area contributed by atoms with E-state index in [1.807, 2.05) is 0 Å². The van der Waals surface area contributed by atoms with E-state index in [1.165, 1.54) is 6.07 Å². The Morgan fingerprint density at radius 3 is 2.71 bits per heavy atom. The van der Waals surface area contributed by atoms with Crippen LogP contribution < -0.4 is 10.5 Å². The molecule has 0 atom stereocenters. The maximum atomic E-state index is 11.4. The lowest BCUT2D eigenvalue weighted by Gasteiger charge is -2.00. The second-order valence-electron chi connectivity index (χ2n) is 2.42. The lowest BCUT2D eigenvalue weighted by atomic mass is 10.6. The molecule has 80 valence electrons. The van der Waals surface area contributed by atoms with Crippen molar-refractivity contribution in [1.82, 2.24) is 4.72 Å². The van der Waals surface area contributed by atoms with E-state index >= 15 is 0 Å². The van der Waals surface area contributed by atoms with Crippen LogP contribution in [0.3, 0.4) is 0 Å². The summed E-state index contributed by atoms with van der Waals surface area (Å²) in [7, 11) is -3.58. The molecule has 0 spiro atoms. The first-order valence-corrected chi connectivity index (χ1v) is 6.30. The third-order valence-electron chi connectivity index (χ3n) is 1.36. The van der Waals surface area contributed by atoms with Crippen molar-refractivity contribution in [2.75, 3.05) is 18.9 Å². The van der Waals surface area contributed by atoms with Crippen LogP contribution in [0.4, 0.5) is 5.69 Å². The van der Waals surface area contributed by atoms with Crippen LogP contribution in [0.1, 0.15) is 0 Å². The Morgan fingerprint density at radius 2 is 2.29 bits per heavy atom. The van der Waals surface area contributed by atoms with Gasteiger partial charge in [0.15, 0.2) is 0 Å². The number of nitrogen functional groups attached to an aromatic ring is 1. The summed E-state index contributed by atoms with van der Waals surface area (Å²) < 4.78 is 25.3. The summed E-state index contributed by atoms with van der Waals surface area (Å²) in [5.74, 6) is 0. The smallest absolute Gasteiger partial charge is 0.250 e. The molecule has 0 amide bonds. The van der Waals surface area contributed by atoms with E-state index in [0.29, 0.717) is 0 Å². The molecule has 1 aromatic rings. The predicted molar refractivity (Wildman–Crippen MR) is 56.0 cm³/mol. The molecule has 4 N–H and O–H groups in total. The molecule has 14 heavy (non-hydrogen) atoms. The number of aliphatic hydroxyl groups excluding tert-OH is 1. The number of aliphatic hydroxyl groups is 1. The van der Waals surface area contributed by atoms with Crippen molar-refractivity contribution >= 4 is 38.6 Å². The van der Waals surface area contributed by atoms with E-state index in [2.05, 4.69) is 4.72 Å². The molecule has 0 aliphatic rings. The number of anilines is 1. The molecule has 0 saturated heterocycles. The number of nitrogens with two attached hydrogens (primary N) is 1. The van der Waals surface area contributed by atoms with E-state index in [4.69, 9.17) is 22.4 Å². The molecule has 0 radical (unpaired) electrons. The highest BCUT2D eigenvalue weighted by Gasteiger charge is 2.17. The van der Waals surface area contributed by atoms with Crippen molar-refractivity contribution in [3.05, 3.63) is 10.4 Å². The van der Waals surface area contributed by atoms with Crippen LogP contribution in [0, 0.1) is 0 Å². The number of sulfonamides is 1. The quantitative estimate of drug-likeness (QED) is 0.720. The fourth-order valence-electron chi connectivity index (χ4n) is 0.744. The number of nitrogens with one attached hydrogen (secondary N) is 1. The van der Waals surface area contributed by atoms with E-state index in [1.54, 1.807) is 0 Å². The molecule has 1 rings (SSSR count). The van der Waals surface area contributed by atoms with Gasteiger partial charge in [-0.25, -0.2) is 13.1 Å². The van der Waals surface area contributed by atoms with Crippen LogP contribution in [0.25, 0.3) is 0 Å². The molecule has 0 saturated carbocycles. The Hall–Kier alpha value is -0.340. The van der Waals surface area contributed by atoms with Gasteiger partial charge in [-0.05, 0) is 6.07 Å². The highest BCUT2D eigenvalue weighted by molar-refractivity contribution is 7.91. The summed E-state index contributed by atoms with van der Waals surface area (Å²) >= 11 is 6.50. The molecular weight excluding hydrogens is 248 g/mol. The van der Waals surface area contributed by atoms with E-state index in [0.717, 1.165) is 11.3 Å². The highest BCUT2D eigenvalue weighted by atomic mass is 35.5. The van der Waals surface area contributed by atoms with Gasteiger partial charge in [-0.2, -0.15) is 0 Å². The maximum Gasteiger partial charge on any atom is 0.250 e. The van der Waals surface area contributed by atoms with Crippen LogP contribution in [0.2, 0.25) is 4.34 Å². The first-order chi connectivity index (χ1) is 6.47. The van der Waals surface area contributed by atoms with Gasteiger partial charge in [0.2, 0.25) is 10.0 Å². The van der Waals surface area contributed by atoms with Crippen LogP contribution in [-0.4, -0.2) is 26.7 Å². The third-order valence-corrected chi connectivity index (χ3v) is 4.68. The fraction of sp³-hybridized carbons (Fsp3) is 0.333. The highest BCUT2D eigenvalue weighted by Crippen LogP contribution is 2.32. The molecule has 0 aliphatic carbocycles. The molecule has 0 fully saturated rings. The Balaban J connectivity index is 2.93. The molecule has 0 bridgehead atoms. The minimum absolute atomic E-state index is 0.0300. The van der Waals surface area contributed by atoms with Crippen molar-refractivity contribution < 1.29 is 13.5 Å². The molecule has 1 heterocycles. The molecule has 0 unspecified atom stereocenters. The average Bonchev–Trinajstić information content (AvgIpc) is 2.45. The monoisotopic (exact) mass is 256 g/mol. The van der Waals surface area contributed by atoms with Crippen molar-refractivity contribution in [1.29, 1.82) is 0 Å². The van der Waals surface area contributed by atoms with Gasteiger partial charge in [0.1, 0.15) is 8.55 Å². The predicted octanol–water partition coefficient (Wildman–Crippen LogP) is 0.254. The largest absolute Gasteiger partial charge is 0.397 e. The van der Waals surface area contributed by atoms with Gasteiger partial charge in [-0.3, -0.25) is 0 Å². The van der Waals surface area contributed by atoms with E-state index < -0.39 is 10.0 Å². The summed E-state index contributed by atoms with van der Waals surface area (Å²) in [5, 5.41) is 8.46. The van der Waals surface area contributed by atoms with Crippen molar-refractivity contribution in [2.45, 2.75) is 4.21 Å². The summed E-state index contributed by atoms with van der Waals surface area (Å²) in [4.78, 5) is 0. The summed E-state index contributed by atoms with van der Waals surface area (Å²) in [5.41, 5.74) is 5.64. The Bertz CT molecular complexity index is 395. The lowest BCUT2D eigenvalue weighted by Crippen LogP contribution is -2.25. The molecular formula is C6H9ClN2O3S2. The van der Waals surface area contributed by atoms with Gasteiger partial charge < -0.3 is 10.8 Å². The first kappa shape index (κ1) is 11.7. The standard InChI is InChI=1S/C6H9ClN2O3S2/c7-6-4(8)3-5(13-6)14(11,12)9-1-2-10/h3,9-10H,1-2,8H2. The topological polar surface area (TPSA) is 92.4 Å². The zero-order valence-electron chi connectivity index (χ0n) is 7.03. The fourth-order valence-corrected chi connectivity index (χ4v) is 3.37. The number of halogens is 1. The van der Waals surface area contributed by atoms with Crippen LogP contribution in [0.15, 0.2) is 10.3 Å². The van der Waals surface area contributed by atoms with Crippen molar-refractivity contribution in [3.8, 4) is 0 Å². The Labute approximate surface area is 90.5 Å². The van der Waals surface area contributed by atoms with Gasteiger partial charge in [0, 0.05) is 6.54 Å². The first-order valence-electron chi connectivity index (χ1n) is 3.62. The maximum absolute atomic E-state index is 11.4. The minimum Gasteiger partial charge on any atom is -0.397 e. The molecule has 5 nitrogen and oxygen atoms in total. The lowest BCUT2D eigenvalue weighted by molar-refractivity contribution is 0.301. The van der Waals surface area contributed by atoms with Crippen molar-refractivity contribution in [3.63, 3.8) is 0 Å². The Kier molecular flexibility index (Phi) is 3.73. The SMILES string of the molecule is Nc1cc(S(=O)(=O)NCCO)sc1Cl. The van der Waals surface area contributed by atoms with Crippen molar-refractivity contribution in [2.24, 2.45) is 0 Å². The molecule has 0 aromatic carbocycles. The second-order valence-corrected chi connectivity index (χ2v) is 6.06. The van der Waals surface area contributed by atoms with Gasteiger partial charge >= 0.3 is 0 Å². The van der Waals surface area contributed by atoms with Gasteiger partial charge in [-0.15, -0.1) is 11.3 Å². The normalized spacial score (nSPS) is 11.9. The molecule has 0 aliphatic heterocycles. The summed E-state index contributed by atoms with van der Waals surface area (Å²) in [6.45, 7) is -0.286. The van der Waals surface area contributed by atoms with Crippen LogP contribution in [-0.2, 0) is 10.0 Å². The van der Waals surface area contributed by atoms with E-state index in [-0.39, 0.29) is 27.4 Å². The third kappa shape index (κ3) is 2.58. The van der Waals surface area contributed by atoms with Gasteiger partial charge in [0.25, 0.3) is 0 Å². The van der Waals surface area contributed by atoms with E-state index in [9.17, 15) is 8.42 Å². The number of hydrogen-bond donors (Lipinski definition) is 3. The average molecular weight is 257 g/mol. The second kappa shape index (κ2) is 4.45. The summed E-state index contributed by atoms with van der Waals surface area (Å²) in [6.07, 6.45) is 0. The van der Waals surface area contributed by atoms with Gasteiger partial charge in [0.05, 0.1) is 12.3 Å². The zero-order valence-corrected chi connectivity index (χ0v) is 9.42. The number of hydrogen-bond acceptors (Lipinski definition) is 5. The van der Waals surface area contributed by atoms with Crippen LogP contribution in [0.5, 0.6) is 0 Å². The molecule has 1 aromatic heterocycles. The number of thiophene rings is 1. The Morgan fingerprint density at radius 1 is 1.64 bits per heavy atom. The van der Waals surface area contributed by atoms with Gasteiger partial charge in [-0.1, -0.05) is 11.6 Å². The summed E-state index contributed by atoms with van der Waals surface area (Å²) in [6, 6.07) is 1.28. The number of rotatable bonds is 4. The molecule has 8 heteroatoms.